The van der Waals surface area contributed by atoms with Crippen LogP contribution in [0.15, 0.2) is 24.3 Å². The number of hydrogen-bond donors (Lipinski definition) is 2. The van der Waals surface area contributed by atoms with Crippen molar-refractivity contribution >= 4 is 23.5 Å². The van der Waals surface area contributed by atoms with Crippen LogP contribution in [0.1, 0.15) is 38.7 Å². The first kappa shape index (κ1) is 18.7. The van der Waals surface area contributed by atoms with Gasteiger partial charge in [0.2, 0.25) is 5.91 Å². The highest BCUT2D eigenvalue weighted by Gasteiger charge is 2.44. The lowest BCUT2D eigenvalue weighted by atomic mass is 9.72. The minimum atomic E-state index is -0.970. The molecule has 1 aliphatic rings. The van der Waals surface area contributed by atoms with E-state index in [4.69, 9.17) is 17.3 Å². The van der Waals surface area contributed by atoms with Crippen LogP contribution in [-0.2, 0) is 15.0 Å². The van der Waals surface area contributed by atoms with E-state index in [2.05, 4.69) is 0 Å². The van der Waals surface area contributed by atoms with Crippen LogP contribution >= 0.6 is 11.6 Å². The van der Waals surface area contributed by atoms with E-state index >= 15 is 0 Å². The zero-order chi connectivity index (χ0) is 17.9. The number of carbonyl (C=O) groups excluding carboxylic acids is 1. The zero-order valence-electron chi connectivity index (χ0n) is 14.2. The molecule has 2 atom stereocenters. The number of carbonyl (C=O) groups is 2. The van der Waals surface area contributed by atoms with Gasteiger partial charge in [-0.3, -0.25) is 9.59 Å². The van der Waals surface area contributed by atoms with Gasteiger partial charge in [-0.05, 0) is 36.5 Å². The van der Waals surface area contributed by atoms with Crippen LogP contribution in [0.25, 0.3) is 0 Å². The van der Waals surface area contributed by atoms with Crippen molar-refractivity contribution in [2.24, 2.45) is 11.7 Å². The third-order valence-electron chi connectivity index (χ3n) is 5.28. The molecule has 1 fully saturated rings. The van der Waals surface area contributed by atoms with E-state index < -0.39 is 17.4 Å². The lowest BCUT2D eigenvalue weighted by Gasteiger charge is -2.40. The predicted molar refractivity (Wildman–Crippen MR) is 94.0 cm³/mol. The van der Waals surface area contributed by atoms with Crippen molar-refractivity contribution in [3.05, 3.63) is 34.9 Å². The predicted octanol–water partition coefficient (Wildman–Crippen LogP) is 2.66. The molecule has 0 radical (unpaired) electrons. The first-order valence-corrected chi connectivity index (χ1v) is 8.73. The molecule has 2 rings (SSSR count). The van der Waals surface area contributed by atoms with Gasteiger partial charge in [-0.25, -0.2) is 0 Å². The molecule has 1 aliphatic heterocycles. The fourth-order valence-corrected chi connectivity index (χ4v) is 3.34. The molecule has 1 saturated heterocycles. The second-order valence-electron chi connectivity index (χ2n) is 6.63. The van der Waals surface area contributed by atoms with Crippen molar-refractivity contribution in [3.8, 4) is 0 Å². The third kappa shape index (κ3) is 3.57. The molecule has 6 heteroatoms. The number of nitrogens with two attached hydrogens (primary N) is 1. The summed E-state index contributed by atoms with van der Waals surface area (Å²) in [5.74, 6) is -0.831. The quantitative estimate of drug-likeness (QED) is 0.853. The van der Waals surface area contributed by atoms with Crippen LogP contribution in [0.3, 0.4) is 0 Å². The summed E-state index contributed by atoms with van der Waals surface area (Å²) in [7, 11) is 0. The number of amides is 1. The molecule has 0 bridgehead atoms. The molecule has 0 saturated carbocycles. The second-order valence-corrected chi connectivity index (χ2v) is 7.07. The number of piperidine rings is 1. The van der Waals surface area contributed by atoms with Crippen molar-refractivity contribution in [2.45, 2.75) is 44.6 Å². The van der Waals surface area contributed by atoms with Crippen molar-refractivity contribution in [1.82, 2.24) is 4.90 Å². The molecule has 1 heterocycles. The van der Waals surface area contributed by atoms with Crippen LogP contribution in [0, 0.1) is 5.92 Å². The van der Waals surface area contributed by atoms with Crippen molar-refractivity contribution in [1.29, 1.82) is 0 Å². The molecule has 1 amide bonds. The molecule has 0 spiro atoms. The molecule has 5 nitrogen and oxygen atoms in total. The van der Waals surface area contributed by atoms with Crippen LogP contribution in [0.2, 0.25) is 5.02 Å². The second kappa shape index (κ2) is 7.53. The zero-order valence-corrected chi connectivity index (χ0v) is 14.9. The topological polar surface area (TPSA) is 83.6 Å². The monoisotopic (exact) mass is 352 g/mol. The standard InChI is InChI=1S/C18H25ClN2O3/c1-3-12(2)15(20)16(22)21-10-8-18(9-11-21,17(23)24)13-4-6-14(19)7-5-13/h4-7,12,15H,3,8-11,20H2,1-2H3,(H,23,24). The highest BCUT2D eigenvalue weighted by molar-refractivity contribution is 6.30. The number of aliphatic carboxylic acids is 1. The van der Waals surface area contributed by atoms with Gasteiger partial charge in [-0.15, -0.1) is 0 Å². The summed E-state index contributed by atoms with van der Waals surface area (Å²) < 4.78 is 0. The highest BCUT2D eigenvalue weighted by Crippen LogP contribution is 2.36. The number of likely N-dealkylation sites (tertiary alicyclic amines) is 1. The molecule has 0 aromatic heterocycles. The molecular formula is C18H25ClN2O3. The summed E-state index contributed by atoms with van der Waals surface area (Å²) in [6.07, 6.45) is 1.59. The number of benzene rings is 1. The van der Waals surface area contributed by atoms with Gasteiger partial charge in [0.15, 0.2) is 0 Å². The molecule has 2 unspecified atom stereocenters. The fourth-order valence-electron chi connectivity index (χ4n) is 3.21. The summed E-state index contributed by atoms with van der Waals surface area (Å²) in [6.45, 7) is 4.77. The minimum Gasteiger partial charge on any atom is -0.481 e. The van der Waals surface area contributed by atoms with Crippen molar-refractivity contribution < 1.29 is 14.7 Å². The van der Waals surface area contributed by atoms with E-state index in [1.165, 1.54) is 0 Å². The molecular weight excluding hydrogens is 328 g/mol. The number of halogens is 1. The van der Waals surface area contributed by atoms with Gasteiger partial charge in [0.05, 0.1) is 11.5 Å². The molecule has 132 valence electrons. The van der Waals surface area contributed by atoms with Crippen molar-refractivity contribution in [2.75, 3.05) is 13.1 Å². The maximum Gasteiger partial charge on any atom is 0.314 e. The average Bonchev–Trinajstić information content (AvgIpc) is 2.60. The molecule has 0 aliphatic carbocycles. The van der Waals surface area contributed by atoms with Crippen LogP contribution < -0.4 is 5.73 Å². The van der Waals surface area contributed by atoms with Crippen LogP contribution in [0.4, 0.5) is 0 Å². The van der Waals surface area contributed by atoms with E-state index in [-0.39, 0.29) is 11.8 Å². The molecule has 3 N–H and O–H groups in total. The van der Waals surface area contributed by atoms with Gasteiger partial charge >= 0.3 is 5.97 Å². The smallest absolute Gasteiger partial charge is 0.314 e. The number of rotatable bonds is 5. The van der Waals surface area contributed by atoms with Gasteiger partial charge < -0.3 is 15.7 Å². The van der Waals surface area contributed by atoms with E-state index in [9.17, 15) is 14.7 Å². The third-order valence-corrected chi connectivity index (χ3v) is 5.53. The summed E-state index contributed by atoms with van der Waals surface area (Å²) in [6, 6.07) is 6.41. The lowest BCUT2D eigenvalue weighted by Crippen LogP contribution is -2.54. The average molecular weight is 353 g/mol. The Morgan fingerprint density at radius 3 is 2.29 bits per heavy atom. The van der Waals surface area contributed by atoms with E-state index in [0.29, 0.717) is 31.0 Å². The summed E-state index contributed by atoms with van der Waals surface area (Å²) in [5.41, 5.74) is 5.80. The SMILES string of the molecule is CCC(C)C(N)C(=O)N1CCC(C(=O)O)(c2ccc(Cl)cc2)CC1. The van der Waals surface area contributed by atoms with E-state index in [1.807, 2.05) is 13.8 Å². The fraction of sp³-hybridized carbons (Fsp3) is 0.556. The van der Waals surface area contributed by atoms with Gasteiger partial charge in [-0.2, -0.15) is 0 Å². The Morgan fingerprint density at radius 2 is 1.83 bits per heavy atom. The van der Waals surface area contributed by atoms with E-state index in [1.54, 1.807) is 29.2 Å². The maximum atomic E-state index is 12.5. The first-order chi connectivity index (χ1) is 11.3. The van der Waals surface area contributed by atoms with Crippen molar-refractivity contribution in [3.63, 3.8) is 0 Å². The number of carboxylic acid groups (broad SMARTS) is 1. The minimum absolute atomic E-state index is 0.0838. The Balaban J connectivity index is 2.14. The molecule has 1 aromatic rings. The Bertz CT molecular complexity index is 595. The van der Waals surface area contributed by atoms with Gasteiger partial charge in [0, 0.05) is 18.1 Å². The normalized spacial score (nSPS) is 19.6. The van der Waals surface area contributed by atoms with E-state index in [0.717, 1.165) is 12.0 Å². The summed E-state index contributed by atoms with van der Waals surface area (Å²) in [4.78, 5) is 26.2. The molecule has 1 aromatic carbocycles. The van der Waals surface area contributed by atoms with Gasteiger partial charge in [-0.1, -0.05) is 44.0 Å². The maximum absolute atomic E-state index is 12.5. The summed E-state index contributed by atoms with van der Waals surface area (Å²) in [5, 5.41) is 10.4. The van der Waals surface area contributed by atoms with Gasteiger partial charge in [0.1, 0.15) is 0 Å². The van der Waals surface area contributed by atoms with Crippen LogP contribution in [-0.4, -0.2) is 41.0 Å². The Labute approximate surface area is 147 Å². The number of nitrogens with zero attached hydrogens (tertiary/aromatic N) is 1. The Morgan fingerprint density at radius 1 is 1.29 bits per heavy atom. The number of carboxylic acids is 1. The summed E-state index contributed by atoms with van der Waals surface area (Å²) >= 11 is 5.90. The first-order valence-electron chi connectivity index (χ1n) is 8.35. The highest BCUT2D eigenvalue weighted by atomic mass is 35.5. The Kier molecular flexibility index (Phi) is 5.88. The lowest BCUT2D eigenvalue weighted by molar-refractivity contribution is -0.148. The van der Waals surface area contributed by atoms with Crippen LogP contribution in [0.5, 0.6) is 0 Å². The Hall–Kier alpha value is -1.59. The largest absolute Gasteiger partial charge is 0.481 e. The van der Waals surface area contributed by atoms with Gasteiger partial charge in [0.25, 0.3) is 0 Å². The molecule has 24 heavy (non-hydrogen) atoms. The number of hydrogen-bond acceptors (Lipinski definition) is 3.